The van der Waals surface area contributed by atoms with Crippen LogP contribution < -0.4 is 0 Å². The van der Waals surface area contributed by atoms with Gasteiger partial charge in [-0.3, -0.25) is 4.79 Å². The lowest BCUT2D eigenvalue weighted by Gasteiger charge is -1.98. The predicted molar refractivity (Wildman–Crippen MR) is 32.5 cm³/mol. The van der Waals surface area contributed by atoms with Crippen LogP contribution in [-0.2, 0) is 9.53 Å². The summed E-state index contributed by atoms with van der Waals surface area (Å²) in [5, 5.41) is 0. The van der Waals surface area contributed by atoms with Crippen molar-refractivity contribution in [2.24, 2.45) is 0 Å². The number of Topliss-reactive ketones (excluding diaryl/α,β-unsaturated/α-hetero) is 1. The molecule has 0 atom stereocenters. The third kappa shape index (κ3) is 1.31. The van der Waals surface area contributed by atoms with Gasteiger partial charge < -0.3 is 4.74 Å². The topological polar surface area (TPSA) is 26.3 Å². The Balaban J connectivity index is 2.85. The molecule has 0 aliphatic carbocycles. The predicted octanol–water partition coefficient (Wildman–Crippen LogP) is 1.16. The van der Waals surface area contributed by atoms with E-state index in [-0.39, 0.29) is 11.5 Å². The molecular weight excluding hydrogens is 116 g/mol. The first-order valence-corrected chi connectivity index (χ1v) is 2.60. The zero-order valence-corrected chi connectivity index (χ0v) is 5.05. The highest BCUT2D eigenvalue weighted by atomic mass is 16.5. The lowest BCUT2D eigenvalue weighted by molar-refractivity contribution is -0.116. The third-order valence-electron chi connectivity index (χ3n) is 0.895. The second-order valence-electron chi connectivity index (χ2n) is 1.64. The van der Waals surface area contributed by atoms with Gasteiger partial charge in [0.2, 0.25) is 11.5 Å². The molecule has 1 heterocycles. The van der Waals surface area contributed by atoms with Gasteiger partial charge in [-0.15, -0.1) is 0 Å². The molecule has 1 aliphatic rings. The number of ether oxygens (including phenoxy) is 1. The van der Waals surface area contributed by atoms with Gasteiger partial charge in [0.05, 0.1) is 6.26 Å². The Kier molecular flexibility index (Phi) is 1.52. The van der Waals surface area contributed by atoms with Crippen molar-refractivity contribution in [2.45, 2.75) is 6.92 Å². The first kappa shape index (κ1) is 5.86. The normalized spacial score (nSPS) is 14.6. The summed E-state index contributed by atoms with van der Waals surface area (Å²) in [5.41, 5.74) is 2.65. The van der Waals surface area contributed by atoms with Crippen LogP contribution in [0.15, 0.2) is 29.9 Å². The van der Waals surface area contributed by atoms with Gasteiger partial charge in [0.15, 0.2) is 0 Å². The van der Waals surface area contributed by atoms with Crippen molar-refractivity contribution < 1.29 is 9.53 Å². The highest BCUT2D eigenvalue weighted by molar-refractivity contribution is 5.91. The average Bonchev–Trinajstić information content (AvgIpc) is 1.90. The van der Waals surface area contributed by atoms with Crippen LogP contribution in [-0.4, -0.2) is 5.78 Å². The molecular formula is C7H6O2. The number of ketones is 1. The van der Waals surface area contributed by atoms with Gasteiger partial charge in [-0.25, -0.2) is 0 Å². The van der Waals surface area contributed by atoms with Crippen LogP contribution in [0, 0.1) is 0 Å². The van der Waals surface area contributed by atoms with Crippen molar-refractivity contribution in [1.29, 1.82) is 0 Å². The maximum Gasteiger partial charge on any atom is 0.211 e. The summed E-state index contributed by atoms with van der Waals surface area (Å²) in [4.78, 5) is 10.5. The van der Waals surface area contributed by atoms with Crippen molar-refractivity contribution in [3.05, 3.63) is 29.9 Å². The van der Waals surface area contributed by atoms with E-state index in [0.717, 1.165) is 0 Å². The third-order valence-corrected chi connectivity index (χ3v) is 0.895. The SMILES string of the molecule is CC(=O)C1=C=CC=CO1. The molecule has 1 aliphatic heterocycles. The number of hydrogen-bond acceptors (Lipinski definition) is 2. The lowest BCUT2D eigenvalue weighted by Crippen LogP contribution is -1.97. The van der Waals surface area contributed by atoms with Crippen molar-refractivity contribution in [1.82, 2.24) is 0 Å². The summed E-state index contributed by atoms with van der Waals surface area (Å²) in [6.07, 6.45) is 4.76. The Labute approximate surface area is 53.1 Å². The summed E-state index contributed by atoms with van der Waals surface area (Å²) in [5.74, 6) is 0.174. The number of carbonyl (C=O) groups excluding carboxylic acids is 1. The van der Waals surface area contributed by atoms with E-state index in [9.17, 15) is 4.79 Å². The van der Waals surface area contributed by atoms with Crippen LogP contribution in [0.5, 0.6) is 0 Å². The zero-order chi connectivity index (χ0) is 6.69. The molecule has 0 unspecified atom stereocenters. The number of hydrogen-bond donors (Lipinski definition) is 0. The lowest BCUT2D eigenvalue weighted by atomic mass is 10.3. The molecule has 0 aromatic rings. The molecule has 0 fully saturated rings. The molecule has 0 bridgehead atoms. The summed E-state index contributed by atoms with van der Waals surface area (Å²) >= 11 is 0. The highest BCUT2D eigenvalue weighted by Crippen LogP contribution is 2.01. The maximum atomic E-state index is 10.5. The average molecular weight is 122 g/mol. The second kappa shape index (κ2) is 2.33. The van der Waals surface area contributed by atoms with E-state index in [0.29, 0.717) is 0 Å². The number of carbonyl (C=O) groups is 1. The standard InChI is InChI=1S/C7H6O2/c1-6(8)7-4-2-3-5-9-7/h2-3,5H,1H3. The summed E-state index contributed by atoms with van der Waals surface area (Å²) in [6, 6.07) is 0. The van der Waals surface area contributed by atoms with Crippen LogP contribution in [0.1, 0.15) is 6.92 Å². The van der Waals surface area contributed by atoms with E-state index in [2.05, 4.69) is 5.73 Å². The van der Waals surface area contributed by atoms with Crippen LogP contribution in [0.3, 0.4) is 0 Å². The van der Waals surface area contributed by atoms with Gasteiger partial charge in [-0.2, -0.15) is 0 Å². The van der Waals surface area contributed by atoms with E-state index in [4.69, 9.17) is 4.74 Å². The molecule has 0 saturated carbocycles. The largest absolute Gasteiger partial charge is 0.453 e. The number of allylic oxidation sites excluding steroid dienone is 2. The Morgan fingerprint density at radius 2 is 2.56 bits per heavy atom. The molecule has 0 amide bonds. The second-order valence-corrected chi connectivity index (χ2v) is 1.64. The minimum atomic E-state index is -0.101. The molecule has 2 nitrogen and oxygen atoms in total. The number of rotatable bonds is 1. The zero-order valence-electron chi connectivity index (χ0n) is 5.05. The Morgan fingerprint density at radius 3 is 2.89 bits per heavy atom. The molecule has 2 heteroatoms. The van der Waals surface area contributed by atoms with Crippen LogP contribution in [0.4, 0.5) is 0 Å². The fourth-order valence-corrected chi connectivity index (χ4v) is 0.489. The molecule has 0 spiro atoms. The minimum Gasteiger partial charge on any atom is -0.453 e. The van der Waals surface area contributed by atoms with E-state index < -0.39 is 0 Å². The van der Waals surface area contributed by atoms with E-state index in [1.807, 2.05) is 0 Å². The van der Waals surface area contributed by atoms with E-state index in [1.54, 1.807) is 12.2 Å². The molecule has 0 N–H and O–H groups in total. The molecule has 0 saturated heterocycles. The summed E-state index contributed by atoms with van der Waals surface area (Å²) in [7, 11) is 0. The molecule has 0 radical (unpaired) electrons. The molecule has 0 aromatic carbocycles. The quantitative estimate of drug-likeness (QED) is 0.488. The maximum absolute atomic E-state index is 10.5. The smallest absolute Gasteiger partial charge is 0.211 e. The van der Waals surface area contributed by atoms with Crippen LogP contribution in [0.2, 0.25) is 0 Å². The van der Waals surface area contributed by atoms with E-state index >= 15 is 0 Å². The fourth-order valence-electron chi connectivity index (χ4n) is 0.489. The fraction of sp³-hybridized carbons (Fsp3) is 0.143. The first-order valence-electron chi connectivity index (χ1n) is 2.60. The minimum absolute atomic E-state index is 0.101. The monoisotopic (exact) mass is 122 g/mol. The van der Waals surface area contributed by atoms with E-state index in [1.165, 1.54) is 13.2 Å². The Morgan fingerprint density at radius 1 is 1.78 bits per heavy atom. The van der Waals surface area contributed by atoms with Gasteiger partial charge in [-0.05, 0) is 12.2 Å². The van der Waals surface area contributed by atoms with Crippen molar-refractivity contribution in [3.63, 3.8) is 0 Å². The molecule has 1 rings (SSSR count). The molecule has 9 heavy (non-hydrogen) atoms. The van der Waals surface area contributed by atoms with Crippen LogP contribution in [0.25, 0.3) is 0 Å². The van der Waals surface area contributed by atoms with Crippen molar-refractivity contribution >= 4 is 5.78 Å². The van der Waals surface area contributed by atoms with Crippen LogP contribution >= 0.6 is 0 Å². The van der Waals surface area contributed by atoms with Gasteiger partial charge >= 0.3 is 0 Å². The Bertz CT molecular complexity index is 217. The van der Waals surface area contributed by atoms with Gasteiger partial charge in [0.25, 0.3) is 0 Å². The molecule has 0 aromatic heterocycles. The van der Waals surface area contributed by atoms with Gasteiger partial charge in [0.1, 0.15) is 0 Å². The van der Waals surface area contributed by atoms with Crippen molar-refractivity contribution in [3.8, 4) is 0 Å². The first-order chi connectivity index (χ1) is 4.30. The van der Waals surface area contributed by atoms with Gasteiger partial charge in [0, 0.05) is 6.92 Å². The van der Waals surface area contributed by atoms with Gasteiger partial charge in [-0.1, -0.05) is 5.73 Å². The summed E-state index contributed by atoms with van der Waals surface area (Å²) in [6.45, 7) is 1.44. The van der Waals surface area contributed by atoms with Crippen molar-refractivity contribution in [2.75, 3.05) is 0 Å². The summed E-state index contributed by atoms with van der Waals surface area (Å²) < 4.78 is 4.78. The molecule has 46 valence electrons. The Hall–Kier alpha value is -1.27. The highest BCUT2D eigenvalue weighted by Gasteiger charge is 2.01.